The van der Waals surface area contributed by atoms with Gasteiger partial charge in [-0.1, -0.05) is 91.5 Å². The lowest BCUT2D eigenvalue weighted by molar-refractivity contribution is -0.141. The highest BCUT2D eigenvalue weighted by Crippen LogP contribution is 2.22. The van der Waals surface area contributed by atoms with Gasteiger partial charge in [0.25, 0.3) is 0 Å². The summed E-state index contributed by atoms with van der Waals surface area (Å²) in [4.78, 5) is 29.5. The molecular formula is C33H40ClN3O4S. The van der Waals surface area contributed by atoms with Crippen LogP contribution in [0.4, 0.5) is 5.69 Å². The molecule has 1 saturated carbocycles. The van der Waals surface area contributed by atoms with E-state index in [0.29, 0.717) is 23.6 Å². The Morgan fingerprint density at radius 3 is 2.12 bits per heavy atom. The number of carbonyl (C=O) groups is 2. The Kier molecular flexibility index (Phi) is 11.4. The number of benzene rings is 3. The highest BCUT2D eigenvalue weighted by Gasteiger charge is 2.32. The number of hydrogen-bond donors (Lipinski definition) is 1. The van der Waals surface area contributed by atoms with Crippen molar-refractivity contribution in [2.75, 3.05) is 17.1 Å². The summed E-state index contributed by atoms with van der Waals surface area (Å²) in [6.45, 7) is 0.390. The summed E-state index contributed by atoms with van der Waals surface area (Å²) in [6.07, 6.45) is 7.16. The molecule has 1 aliphatic rings. The van der Waals surface area contributed by atoms with Gasteiger partial charge >= 0.3 is 0 Å². The number of halogens is 1. The number of nitrogens with zero attached hydrogens (tertiary/aromatic N) is 2. The van der Waals surface area contributed by atoms with E-state index in [2.05, 4.69) is 5.32 Å². The van der Waals surface area contributed by atoms with Gasteiger partial charge in [0.15, 0.2) is 0 Å². The second kappa shape index (κ2) is 15.2. The van der Waals surface area contributed by atoms with Crippen LogP contribution in [0.1, 0.15) is 56.1 Å². The molecule has 0 spiro atoms. The Balaban J connectivity index is 1.58. The molecule has 1 aliphatic carbocycles. The summed E-state index contributed by atoms with van der Waals surface area (Å²) >= 11 is 6.13. The van der Waals surface area contributed by atoms with Gasteiger partial charge in [-0.2, -0.15) is 0 Å². The van der Waals surface area contributed by atoms with E-state index in [-0.39, 0.29) is 37.4 Å². The Hall–Kier alpha value is -3.36. The summed E-state index contributed by atoms with van der Waals surface area (Å²) in [5, 5.41) is 3.84. The van der Waals surface area contributed by atoms with Crippen LogP contribution in [0.2, 0.25) is 5.02 Å². The predicted molar refractivity (Wildman–Crippen MR) is 169 cm³/mol. The van der Waals surface area contributed by atoms with Crippen LogP contribution in [-0.4, -0.2) is 50.0 Å². The van der Waals surface area contributed by atoms with Crippen LogP contribution in [0.5, 0.6) is 0 Å². The molecule has 7 nitrogen and oxygen atoms in total. The Bertz CT molecular complexity index is 1400. The molecule has 224 valence electrons. The van der Waals surface area contributed by atoms with Crippen molar-refractivity contribution >= 4 is 39.1 Å². The number of carbonyl (C=O) groups excluding carboxylic acids is 2. The molecule has 0 radical (unpaired) electrons. The molecule has 0 bridgehead atoms. The largest absolute Gasteiger partial charge is 0.352 e. The van der Waals surface area contributed by atoms with E-state index in [1.54, 1.807) is 41.3 Å². The molecule has 42 heavy (non-hydrogen) atoms. The van der Waals surface area contributed by atoms with Gasteiger partial charge in [-0.05, 0) is 54.7 Å². The maximum atomic E-state index is 14.0. The summed E-state index contributed by atoms with van der Waals surface area (Å²) < 4.78 is 26.5. The normalized spacial score (nSPS) is 14.6. The van der Waals surface area contributed by atoms with Crippen molar-refractivity contribution in [1.82, 2.24) is 10.2 Å². The first-order valence-corrected chi connectivity index (χ1v) is 16.8. The van der Waals surface area contributed by atoms with Crippen molar-refractivity contribution < 1.29 is 18.0 Å². The van der Waals surface area contributed by atoms with Gasteiger partial charge < -0.3 is 10.2 Å². The van der Waals surface area contributed by atoms with Crippen molar-refractivity contribution in [3.05, 3.63) is 101 Å². The molecule has 9 heteroatoms. The molecule has 1 atom stereocenters. The summed E-state index contributed by atoms with van der Waals surface area (Å²) in [7, 11) is -3.54. The molecule has 0 saturated heterocycles. The van der Waals surface area contributed by atoms with Crippen LogP contribution in [-0.2, 0) is 32.6 Å². The number of nitrogens with one attached hydrogen (secondary N) is 1. The maximum Gasteiger partial charge on any atom is 0.243 e. The van der Waals surface area contributed by atoms with Gasteiger partial charge in [0.2, 0.25) is 21.8 Å². The van der Waals surface area contributed by atoms with E-state index in [1.165, 1.54) is 17.0 Å². The fourth-order valence-corrected chi connectivity index (χ4v) is 6.57. The Morgan fingerprint density at radius 2 is 1.50 bits per heavy atom. The van der Waals surface area contributed by atoms with E-state index in [4.69, 9.17) is 11.6 Å². The number of anilines is 1. The van der Waals surface area contributed by atoms with E-state index in [0.717, 1.165) is 36.8 Å². The first-order valence-electron chi connectivity index (χ1n) is 14.6. The van der Waals surface area contributed by atoms with Gasteiger partial charge in [-0.25, -0.2) is 8.42 Å². The molecule has 4 rings (SSSR count). The quantitative estimate of drug-likeness (QED) is 0.258. The van der Waals surface area contributed by atoms with Crippen molar-refractivity contribution in [1.29, 1.82) is 0 Å². The minimum absolute atomic E-state index is 0.0917. The third-order valence-electron chi connectivity index (χ3n) is 7.69. The predicted octanol–water partition coefficient (Wildman–Crippen LogP) is 5.98. The van der Waals surface area contributed by atoms with Crippen LogP contribution < -0.4 is 9.62 Å². The topological polar surface area (TPSA) is 86.8 Å². The van der Waals surface area contributed by atoms with Gasteiger partial charge in [0.1, 0.15) is 6.04 Å². The fourth-order valence-electron chi connectivity index (χ4n) is 5.48. The molecule has 0 aliphatic heterocycles. The minimum Gasteiger partial charge on any atom is -0.352 e. The SMILES string of the molecule is CS(=O)(=O)N(CCCC(=O)N(Cc1ccc(Cl)cc1)[C@@H](Cc1ccccc1)C(=O)NC1CCCCC1)c1ccccc1. The van der Waals surface area contributed by atoms with Crippen molar-refractivity contribution in [3.8, 4) is 0 Å². The maximum absolute atomic E-state index is 14.0. The van der Waals surface area contributed by atoms with E-state index in [1.807, 2.05) is 48.5 Å². The lowest BCUT2D eigenvalue weighted by atomic mass is 9.94. The van der Waals surface area contributed by atoms with Gasteiger partial charge in [-0.3, -0.25) is 13.9 Å². The van der Waals surface area contributed by atoms with E-state index in [9.17, 15) is 18.0 Å². The van der Waals surface area contributed by atoms with Crippen LogP contribution in [0.25, 0.3) is 0 Å². The van der Waals surface area contributed by atoms with E-state index >= 15 is 0 Å². The number of amides is 2. The lowest BCUT2D eigenvalue weighted by Gasteiger charge is -2.34. The number of sulfonamides is 1. The highest BCUT2D eigenvalue weighted by atomic mass is 35.5. The molecule has 0 aromatic heterocycles. The molecule has 2 amide bonds. The van der Waals surface area contributed by atoms with Crippen LogP contribution in [0.3, 0.4) is 0 Å². The third-order valence-corrected chi connectivity index (χ3v) is 9.13. The fraction of sp³-hybridized carbons (Fsp3) is 0.394. The average molecular weight is 610 g/mol. The molecule has 1 N–H and O–H groups in total. The molecule has 3 aromatic carbocycles. The molecule has 0 unspecified atom stereocenters. The van der Waals surface area contributed by atoms with Gasteiger partial charge in [-0.15, -0.1) is 0 Å². The monoisotopic (exact) mass is 609 g/mol. The molecule has 3 aromatic rings. The third kappa shape index (κ3) is 9.33. The molecular weight excluding hydrogens is 570 g/mol. The number of hydrogen-bond acceptors (Lipinski definition) is 4. The van der Waals surface area contributed by atoms with Crippen molar-refractivity contribution in [2.45, 2.75) is 70.0 Å². The minimum atomic E-state index is -3.54. The van der Waals surface area contributed by atoms with E-state index < -0.39 is 16.1 Å². The zero-order chi connectivity index (χ0) is 30.0. The Labute approximate surface area is 254 Å². The Morgan fingerprint density at radius 1 is 0.881 bits per heavy atom. The lowest BCUT2D eigenvalue weighted by Crippen LogP contribution is -2.52. The summed E-state index contributed by atoms with van der Waals surface area (Å²) in [5.41, 5.74) is 2.38. The standard InChI is InChI=1S/C33H40ClN3O4S/c1-42(40,41)37(30-16-9-4-10-17-30)23-11-18-32(38)36(25-27-19-21-28(34)22-20-27)31(24-26-12-5-2-6-13-26)33(39)35-29-14-7-3-8-15-29/h2,4-6,9-10,12-13,16-17,19-22,29,31H,3,7-8,11,14-15,18,23-25H2,1H3,(H,35,39)/t31-/m0/s1. The average Bonchev–Trinajstić information content (AvgIpc) is 2.99. The van der Waals surface area contributed by atoms with Crippen molar-refractivity contribution in [2.24, 2.45) is 0 Å². The smallest absolute Gasteiger partial charge is 0.243 e. The summed E-state index contributed by atoms with van der Waals surface area (Å²) in [6, 6.07) is 25.2. The first-order chi connectivity index (χ1) is 20.2. The van der Waals surface area contributed by atoms with Crippen LogP contribution in [0, 0.1) is 0 Å². The second-order valence-electron chi connectivity index (χ2n) is 11.0. The van der Waals surface area contributed by atoms with Crippen LogP contribution >= 0.6 is 11.6 Å². The van der Waals surface area contributed by atoms with Crippen LogP contribution in [0.15, 0.2) is 84.9 Å². The second-order valence-corrected chi connectivity index (χ2v) is 13.3. The summed E-state index contributed by atoms with van der Waals surface area (Å²) in [5.74, 6) is -0.360. The zero-order valence-electron chi connectivity index (χ0n) is 24.1. The number of para-hydroxylation sites is 1. The van der Waals surface area contributed by atoms with Gasteiger partial charge in [0.05, 0.1) is 11.9 Å². The first kappa shape index (κ1) is 31.6. The zero-order valence-corrected chi connectivity index (χ0v) is 25.7. The molecule has 1 fully saturated rings. The van der Waals surface area contributed by atoms with Gasteiger partial charge in [0, 0.05) is 37.0 Å². The number of rotatable bonds is 13. The van der Waals surface area contributed by atoms with Crippen molar-refractivity contribution in [3.63, 3.8) is 0 Å². The molecule has 0 heterocycles. The highest BCUT2D eigenvalue weighted by molar-refractivity contribution is 7.92.